The number of aryl methyl sites for hydroxylation is 1. The fourth-order valence-electron chi connectivity index (χ4n) is 2.04. The third-order valence-corrected chi connectivity index (χ3v) is 3.89. The quantitative estimate of drug-likeness (QED) is 0.821. The van der Waals surface area contributed by atoms with E-state index in [4.69, 9.17) is 5.73 Å². The van der Waals surface area contributed by atoms with Crippen molar-refractivity contribution in [2.24, 2.45) is 5.73 Å². The summed E-state index contributed by atoms with van der Waals surface area (Å²) in [6, 6.07) is 0.232. The largest absolute Gasteiger partial charge is 0.347 e. The normalized spacial score (nSPS) is 25.4. The average molecular weight is 239 g/mol. The molecule has 1 aromatic heterocycles. The Bertz CT molecular complexity index is 377. The van der Waals surface area contributed by atoms with Gasteiger partial charge in [0.05, 0.1) is 11.2 Å². The first kappa shape index (κ1) is 11.5. The standard InChI is InChI=1S/C11H17N3OS/c1-7-13-6-10(16-7)11(15)14-9-5-3-2-4-8(9)12/h6,8-9H,2-5,12H2,1H3,(H,14,15). The Morgan fingerprint density at radius 1 is 1.56 bits per heavy atom. The average Bonchev–Trinajstić information content (AvgIpc) is 2.68. The molecule has 3 N–H and O–H groups in total. The maximum Gasteiger partial charge on any atom is 0.263 e. The van der Waals surface area contributed by atoms with Gasteiger partial charge in [0.2, 0.25) is 0 Å². The second-order valence-electron chi connectivity index (χ2n) is 4.27. The number of amides is 1. The third kappa shape index (κ3) is 2.59. The molecule has 0 aliphatic heterocycles. The minimum absolute atomic E-state index is 0.0343. The first-order valence-corrected chi connectivity index (χ1v) is 6.47. The zero-order chi connectivity index (χ0) is 11.5. The summed E-state index contributed by atoms with van der Waals surface area (Å²) in [5.41, 5.74) is 5.98. The molecule has 2 atom stereocenters. The summed E-state index contributed by atoms with van der Waals surface area (Å²) < 4.78 is 0. The van der Waals surface area contributed by atoms with Gasteiger partial charge < -0.3 is 11.1 Å². The van der Waals surface area contributed by atoms with Gasteiger partial charge in [0.1, 0.15) is 4.88 Å². The Labute approximate surface area is 99.3 Å². The maximum atomic E-state index is 11.9. The van der Waals surface area contributed by atoms with Crippen LogP contribution in [0.1, 0.15) is 40.4 Å². The van der Waals surface area contributed by atoms with Gasteiger partial charge in [-0.25, -0.2) is 4.98 Å². The van der Waals surface area contributed by atoms with Crippen molar-refractivity contribution >= 4 is 17.2 Å². The number of nitrogens with two attached hydrogens (primary N) is 1. The fourth-order valence-corrected chi connectivity index (χ4v) is 2.73. The van der Waals surface area contributed by atoms with E-state index in [0.717, 1.165) is 24.3 Å². The van der Waals surface area contributed by atoms with E-state index in [2.05, 4.69) is 10.3 Å². The Balaban J connectivity index is 1.96. The van der Waals surface area contributed by atoms with E-state index in [-0.39, 0.29) is 18.0 Å². The first-order valence-electron chi connectivity index (χ1n) is 5.65. The Morgan fingerprint density at radius 3 is 2.94 bits per heavy atom. The molecule has 16 heavy (non-hydrogen) atoms. The molecule has 0 radical (unpaired) electrons. The van der Waals surface area contributed by atoms with Crippen molar-refractivity contribution in [2.45, 2.75) is 44.7 Å². The minimum Gasteiger partial charge on any atom is -0.347 e. The number of carbonyl (C=O) groups is 1. The number of rotatable bonds is 2. The molecule has 2 unspecified atom stereocenters. The van der Waals surface area contributed by atoms with E-state index in [1.165, 1.54) is 17.8 Å². The fraction of sp³-hybridized carbons (Fsp3) is 0.636. The molecule has 88 valence electrons. The number of thiazole rings is 1. The van der Waals surface area contributed by atoms with E-state index in [1.807, 2.05) is 6.92 Å². The van der Waals surface area contributed by atoms with Crippen LogP contribution in [-0.4, -0.2) is 23.0 Å². The highest BCUT2D eigenvalue weighted by atomic mass is 32.1. The highest BCUT2D eigenvalue weighted by Crippen LogP contribution is 2.18. The van der Waals surface area contributed by atoms with E-state index in [9.17, 15) is 4.79 Å². The highest BCUT2D eigenvalue weighted by molar-refractivity contribution is 7.13. The molecule has 0 aromatic carbocycles. The Hall–Kier alpha value is -0.940. The zero-order valence-corrected chi connectivity index (χ0v) is 10.2. The van der Waals surface area contributed by atoms with Crippen LogP contribution in [0.2, 0.25) is 0 Å². The third-order valence-electron chi connectivity index (χ3n) is 2.98. The zero-order valence-electron chi connectivity index (χ0n) is 9.40. The van der Waals surface area contributed by atoms with Crippen molar-refractivity contribution in [2.75, 3.05) is 0 Å². The lowest BCUT2D eigenvalue weighted by Crippen LogP contribution is -2.49. The minimum atomic E-state index is -0.0343. The number of hydrogen-bond acceptors (Lipinski definition) is 4. The van der Waals surface area contributed by atoms with Gasteiger partial charge in [-0.05, 0) is 19.8 Å². The smallest absolute Gasteiger partial charge is 0.263 e. The Kier molecular flexibility index (Phi) is 3.56. The predicted molar refractivity (Wildman–Crippen MR) is 64.5 cm³/mol. The molecule has 5 heteroatoms. The molecular weight excluding hydrogens is 222 g/mol. The summed E-state index contributed by atoms with van der Waals surface area (Å²) in [5.74, 6) is -0.0343. The first-order chi connectivity index (χ1) is 7.66. The van der Waals surface area contributed by atoms with Gasteiger partial charge in [-0.2, -0.15) is 0 Å². The molecule has 1 fully saturated rings. The van der Waals surface area contributed by atoms with Crippen LogP contribution < -0.4 is 11.1 Å². The summed E-state index contributed by atoms with van der Waals surface area (Å²) >= 11 is 1.42. The molecule has 1 saturated carbocycles. The van der Waals surface area contributed by atoms with E-state index < -0.39 is 0 Å². The SMILES string of the molecule is Cc1ncc(C(=O)NC2CCCCC2N)s1. The van der Waals surface area contributed by atoms with Gasteiger partial charge in [0.15, 0.2) is 0 Å². The molecule has 1 aliphatic rings. The number of nitrogens with zero attached hydrogens (tertiary/aromatic N) is 1. The van der Waals surface area contributed by atoms with Crippen LogP contribution in [-0.2, 0) is 0 Å². The lowest BCUT2D eigenvalue weighted by molar-refractivity contribution is 0.0925. The number of carbonyl (C=O) groups excluding carboxylic acids is 1. The summed E-state index contributed by atoms with van der Waals surface area (Å²) in [6.45, 7) is 1.90. The van der Waals surface area contributed by atoms with Crippen molar-refractivity contribution < 1.29 is 4.79 Å². The van der Waals surface area contributed by atoms with Gasteiger partial charge in [-0.15, -0.1) is 11.3 Å². The molecule has 0 saturated heterocycles. The van der Waals surface area contributed by atoms with Crippen LogP contribution in [0.15, 0.2) is 6.20 Å². The second-order valence-corrected chi connectivity index (χ2v) is 5.51. The molecule has 1 aliphatic carbocycles. The van der Waals surface area contributed by atoms with Crippen LogP contribution in [0.25, 0.3) is 0 Å². The molecule has 1 amide bonds. The summed E-state index contributed by atoms with van der Waals surface area (Å²) in [6.07, 6.45) is 5.95. The molecule has 0 bridgehead atoms. The van der Waals surface area contributed by atoms with Crippen LogP contribution in [0.4, 0.5) is 0 Å². The summed E-state index contributed by atoms with van der Waals surface area (Å²) in [7, 11) is 0. The van der Waals surface area contributed by atoms with Gasteiger partial charge in [0.25, 0.3) is 5.91 Å². The van der Waals surface area contributed by atoms with Crippen LogP contribution in [0.3, 0.4) is 0 Å². The summed E-state index contributed by atoms with van der Waals surface area (Å²) in [4.78, 5) is 16.6. The van der Waals surface area contributed by atoms with Gasteiger partial charge in [0, 0.05) is 12.1 Å². The number of nitrogens with one attached hydrogen (secondary N) is 1. The lowest BCUT2D eigenvalue weighted by Gasteiger charge is -2.29. The molecule has 1 aromatic rings. The number of hydrogen-bond donors (Lipinski definition) is 2. The van der Waals surface area contributed by atoms with Gasteiger partial charge in [-0.1, -0.05) is 12.8 Å². The van der Waals surface area contributed by atoms with Crippen LogP contribution in [0, 0.1) is 6.92 Å². The van der Waals surface area contributed by atoms with Crippen LogP contribution in [0.5, 0.6) is 0 Å². The highest BCUT2D eigenvalue weighted by Gasteiger charge is 2.24. The molecule has 2 rings (SSSR count). The van der Waals surface area contributed by atoms with E-state index in [1.54, 1.807) is 6.20 Å². The van der Waals surface area contributed by atoms with Crippen molar-refractivity contribution in [3.63, 3.8) is 0 Å². The topological polar surface area (TPSA) is 68.0 Å². The van der Waals surface area contributed by atoms with Crippen molar-refractivity contribution in [1.29, 1.82) is 0 Å². The van der Waals surface area contributed by atoms with Crippen molar-refractivity contribution in [3.8, 4) is 0 Å². The molecule has 1 heterocycles. The van der Waals surface area contributed by atoms with Crippen LogP contribution >= 0.6 is 11.3 Å². The monoisotopic (exact) mass is 239 g/mol. The second kappa shape index (κ2) is 4.93. The molecular formula is C11H17N3OS. The molecule has 4 nitrogen and oxygen atoms in total. The van der Waals surface area contributed by atoms with Crippen molar-refractivity contribution in [1.82, 2.24) is 10.3 Å². The van der Waals surface area contributed by atoms with Gasteiger partial charge >= 0.3 is 0 Å². The van der Waals surface area contributed by atoms with Crippen molar-refractivity contribution in [3.05, 3.63) is 16.1 Å². The number of aromatic nitrogens is 1. The summed E-state index contributed by atoms with van der Waals surface area (Å²) in [5, 5.41) is 3.92. The van der Waals surface area contributed by atoms with Gasteiger partial charge in [-0.3, -0.25) is 4.79 Å². The van der Waals surface area contributed by atoms with E-state index in [0.29, 0.717) is 4.88 Å². The lowest BCUT2D eigenvalue weighted by atomic mass is 9.91. The Morgan fingerprint density at radius 2 is 2.31 bits per heavy atom. The molecule has 0 spiro atoms. The maximum absolute atomic E-state index is 11.9. The predicted octanol–water partition coefficient (Wildman–Crippen LogP) is 1.45. The van der Waals surface area contributed by atoms with E-state index >= 15 is 0 Å².